The Morgan fingerprint density at radius 3 is 2.26 bits per heavy atom. The Labute approximate surface area is 133 Å². The fraction of sp³-hybridized carbons (Fsp3) is 0.500. The number of halogens is 3. The van der Waals surface area contributed by atoms with Crippen molar-refractivity contribution < 1.29 is 31.1 Å². The van der Waals surface area contributed by atoms with Gasteiger partial charge in [0.05, 0.1) is 10.5 Å². The Bertz CT molecular complexity index is 678. The maximum atomic E-state index is 12.7. The minimum Gasteiger partial charge on any atom is -0.459 e. The highest BCUT2D eigenvalue weighted by Gasteiger charge is 2.33. The number of hydrogen-bond donors (Lipinski definition) is 0. The van der Waals surface area contributed by atoms with Gasteiger partial charge in [-0.25, -0.2) is 8.42 Å². The molecule has 0 bridgehead atoms. The van der Waals surface area contributed by atoms with Gasteiger partial charge in [0.2, 0.25) is 10.0 Å². The van der Waals surface area contributed by atoms with Gasteiger partial charge in [0, 0.05) is 7.05 Å². The predicted molar refractivity (Wildman–Crippen MR) is 77.1 cm³/mol. The molecule has 0 aliphatic heterocycles. The number of benzene rings is 1. The molecule has 0 N–H and O–H groups in total. The number of esters is 1. The number of carbonyl (C=O) groups is 1. The Morgan fingerprint density at radius 2 is 1.78 bits per heavy atom. The van der Waals surface area contributed by atoms with Gasteiger partial charge in [0.25, 0.3) is 0 Å². The van der Waals surface area contributed by atoms with Gasteiger partial charge in [-0.15, -0.1) is 0 Å². The highest BCUT2D eigenvalue weighted by atomic mass is 32.2. The average Bonchev–Trinajstić information content (AvgIpc) is 2.35. The molecular formula is C14H18F3NO4S. The molecule has 1 aromatic rings. The van der Waals surface area contributed by atoms with Crippen LogP contribution in [0.5, 0.6) is 0 Å². The van der Waals surface area contributed by atoms with Crippen molar-refractivity contribution in [1.29, 1.82) is 0 Å². The highest BCUT2D eigenvalue weighted by molar-refractivity contribution is 7.89. The van der Waals surface area contributed by atoms with E-state index in [1.165, 1.54) is 0 Å². The lowest BCUT2D eigenvalue weighted by Gasteiger charge is -2.22. The Kier molecular flexibility index (Phi) is 5.48. The van der Waals surface area contributed by atoms with Crippen LogP contribution in [-0.4, -0.2) is 37.9 Å². The Hall–Kier alpha value is -1.61. The van der Waals surface area contributed by atoms with Crippen molar-refractivity contribution in [3.05, 3.63) is 29.8 Å². The molecule has 23 heavy (non-hydrogen) atoms. The van der Waals surface area contributed by atoms with Crippen LogP contribution in [0, 0.1) is 0 Å². The molecule has 0 fully saturated rings. The number of likely N-dealkylation sites (N-methyl/N-ethyl adjacent to an activating group) is 1. The number of hydrogen-bond acceptors (Lipinski definition) is 4. The summed E-state index contributed by atoms with van der Waals surface area (Å²) < 4.78 is 68.2. The van der Waals surface area contributed by atoms with Crippen molar-refractivity contribution in [2.24, 2.45) is 0 Å². The largest absolute Gasteiger partial charge is 0.459 e. The van der Waals surface area contributed by atoms with Gasteiger partial charge < -0.3 is 4.74 Å². The number of rotatable bonds is 4. The molecule has 0 spiro atoms. The summed E-state index contributed by atoms with van der Waals surface area (Å²) in [6.45, 7) is 4.25. The molecule has 0 unspecified atom stereocenters. The van der Waals surface area contributed by atoms with Crippen LogP contribution in [-0.2, 0) is 25.7 Å². The number of ether oxygens (including phenoxy) is 1. The first-order valence-electron chi connectivity index (χ1n) is 6.59. The first-order valence-corrected chi connectivity index (χ1v) is 8.03. The second-order valence-corrected chi connectivity index (χ2v) is 7.92. The lowest BCUT2D eigenvalue weighted by molar-refractivity contribution is -0.154. The SMILES string of the molecule is CN(CC(=O)OC(C)(C)C)S(=O)(=O)c1cccc(C(F)(F)F)c1. The van der Waals surface area contributed by atoms with E-state index < -0.39 is 44.8 Å². The third kappa shape index (κ3) is 5.51. The molecule has 0 amide bonds. The van der Waals surface area contributed by atoms with Gasteiger partial charge in [-0.2, -0.15) is 17.5 Å². The van der Waals surface area contributed by atoms with Gasteiger partial charge in [0.1, 0.15) is 12.1 Å². The summed E-state index contributed by atoms with van der Waals surface area (Å²) in [5.41, 5.74) is -1.87. The van der Waals surface area contributed by atoms with Crippen LogP contribution >= 0.6 is 0 Å². The second kappa shape index (κ2) is 6.48. The zero-order chi connectivity index (χ0) is 18.1. The fourth-order valence-corrected chi connectivity index (χ4v) is 2.82. The van der Waals surface area contributed by atoms with Crippen molar-refractivity contribution in [2.45, 2.75) is 37.4 Å². The molecule has 0 aliphatic carbocycles. The van der Waals surface area contributed by atoms with Crippen LogP contribution in [0.4, 0.5) is 13.2 Å². The summed E-state index contributed by atoms with van der Waals surface area (Å²) in [5.74, 6) is -0.796. The van der Waals surface area contributed by atoms with E-state index >= 15 is 0 Å². The monoisotopic (exact) mass is 353 g/mol. The summed E-state index contributed by atoms with van der Waals surface area (Å²) >= 11 is 0. The molecule has 0 atom stereocenters. The van der Waals surface area contributed by atoms with Gasteiger partial charge in [0.15, 0.2) is 0 Å². The van der Waals surface area contributed by atoms with E-state index in [1.807, 2.05) is 0 Å². The standard InChI is InChI=1S/C14H18F3NO4S/c1-13(2,3)22-12(19)9-18(4)23(20,21)11-7-5-6-10(8-11)14(15,16)17/h5-8H,9H2,1-4H3. The van der Waals surface area contributed by atoms with Gasteiger partial charge in [-0.3, -0.25) is 4.79 Å². The van der Waals surface area contributed by atoms with Gasteiger partial charge in [-0.1, -0.05) is 6.07 Å². The first kappa shape index (κ1) is 19.4. The molecule has 0 radical (unpaired) electrons. The quantitative estimate of drug-likeness (QED) is 0.781. The molecule has 1 aromatic carbocycles. The first-order chi connectivity index (χ1) is 10.2. The summed E-state index contributed by atoms with van der Waals surface area (Å²) in [4.78, 5) is 11.1. The Balaban J connectivity index is 3.01. The third-order valence-corrected chi connectivity index (χ3v) is 4.44. The summed E-state index contributed by atoms with van der Waals surface area (Å²) in [5, 5.41) is 0. The van der Waals surface area contributed by atoms with E-state index in [-0.39, 0.29) is 0 Å². The van der Waals surface area contributed by atoms with Gasteiger partial charge >= 0.3 is 12.1 Å². The average molecular weight is 353 g/mol. The van der Waals surface area contributed by atoms with Crippen molar-refractivity contribution in [1.82, 2.24) is 4.31 Å². The lowest BCUT2D eigenvalue weighted by Crippen LogP contribution is -2.36. The van der Waals surface area contributed by atoms with Crippen molar-refractivity contribution in [2.75, 3.05) is 13.6 Å². The molecule has 0 aromatic heterocycles. The molecule has 5 nitrogen and oxygen atoms in total. The molecule has 0 saturated heterocycles. The zero-order valence-corrected chi connectivity index (χ0v) is 14.0. The normalized spacial score (nSPS) is 13.2. The Morgan fingerprint density at radius 1 is 1.22 bits per heavy atom. The summed E-state index contributed by atoms with van der Waals surface area (Å²) in [6, 6.07) is 3.33. The number of alkyl halides is 3. The van der Waals surface area contributed by atoms with E-state index in [0.29, 0.717) is 10.4 Å². The molecular weight excluding hydrogens is 335 g/mol. The molecule has 0 heterocycles. The third-order valence-electron chi connectivity index (χ3n) is 2.64. The maximum Gasteiger partial charge on any atom is 0.416 e. The van der Waals surface area contributed by atoms with Crippen LogP contribution in [0.2, 0.25) is 0 Å². The lowest BCUT2D eigenvalue weighted by atomic mass is 10.2. The highest BCUT2D eigenvalue weighted by Crippen LogP contribution is 2.31. The molecule has 130 valence electrons. The molecule has 9 heteroatoms. The molecule has 0 aliphatic rings. The van der Waals surface area contributed by atoms with Crippen molar-refractivity contribution in [3.8, 4) is 0 Å². The van der Waals surface area contributed by atoms with E-state index in [1.54, 1.807) is 20.8 Å². The van der Waals surface area contributed by atoms with E-state index in [9.17, 15) is 26.4 Å². The van der Waals surface area contributed by atoms with Crippen LogP contribution in [0.3, 0.4) is 0 Å². The smallest absolute Gasteiger partial charge is 0.416 e. The maximum absolute atomic E-state index is 12.7. The predicted octanol–water partition coefficient (Wildman–Crippen LogP) is 2.67. The number of sulfonamides is 1. The topological polar surface area (TPSA) is 63.7 Å². The second-order valence-electron chi connectivity index (χ2n) is 5.87. The zero-order valence-electron chi connectivity index (χ0n) is 13.1. The minimum absolute atomic E-state index is 0.529. The van der Waals surface area contributed by atoms with E-state index in [0.717, 1.165) is 25.2 Å². The summed E-state index contributed by atoms with van der Waals surface area (Å²) in [7, 11) is -3.14. The van der Waals surface area contributed by atoms with Crippen LogP contribution in [0.15, 0.2) is 29.2 Å². The van der Waals surface area contributed by atoms with Crippen molar-refractivity contribution >= 4 is 16.0 Å². The minimum atomic E-state index is -4.66. The molecule has 1 rings (SSSR count). The van der Waals surface area contributed by atoms with Gasteiger partial charge in [-0.05, 0) is 39.0 Å². The summed E-state index contributed by atoms with van der Waals surface area (Å²) in [6.07, 6.45) is -4.66. The van der Waals surface area contributed by atoms with Crippen LogP contribution in [0.25, 0.3) is 0 Å². The van der Waals surface area contributed by atoms with Crippen LogP contribution in [0.1, 0.15) is 26.3 Å². The number of nitrogens with zero attached hydrogens (tertiary/aromatic N) is 1. The fourth-order valence-electron chi connectivity index (χ4n) is 1.65. The molecule has 0 saturated carbocycles. The van der Waals surface area contributed by atoms with Crippen molar-refractivity contribution in [3.63, 3.8) is 0 Å². The van der Waals surface area contributed by atoms with E-state index in [2.05, 4.69) is 0 Å². The number of carbonyl (C=O) groups excluding carboxylic acids is 1. The van der Waals surface area contributed by atoms with Crippen LogP contribution < -0.4 is 0 Å². The van der Waals surface area contributed by atoms with E-state index in [4.69, 9.17) is 4.74 Å².